The number of fused-ring (bicyclic) bond motifs is 1. The number of nitrogens with zero attached hydrogens (tertiary/aromatic N) is 1. The van der Waals surface area contributed by atoms with Crippen LogP contribution in [0.5, 0.6) is 0 Å². The molecule has 0 saturated carbocycles. The van der Waals surface area contributed by atoms with Crippen molar-refractivity contribution in [1.29, 1.82) is 0 Å². The molecule has 1 unspecified atom stereocenters. The molecule has 1 atom stereocenters. The van der Waals surface area contributed by atoms with E-state index in [2.05, 4.69) is 19.2 Å². The van der Waals surface area contributed by atoms with Crippen LogP contribution in [0.3, 0.4) is 0 Å². The van der Waals surface area contributed by atoms with Crippen molar-refractivity contribution in [3.8, 4) is 0 Å². The van der Waals surface area contributed by atoms with E-state index >= 15 is 0 Å². The minimum atomic E-state index is -0.893. The zero-order valence-electron chi connectivity index (χ0n) is 14.4. The van der Waals surface area contributed by atoms with Crippen LogP contribution in [0, 0.1) is 0 Å². The van der Waals surface area contributed by atoms with E-state index in [0.717, 1.165) is 10.5 Å². The fourth-order valence-electron chi connectivity index (χ4n) is 2.90. The van der Waals surface area contributed by atoms with Crippen molar-refractivity contribution in [2.24, 2.45) is 0 Å². The van der Waals surface area contributed by atoms with E-state index in [9.17, 15) is 14.4 Å². The van der Waals surface area contributed by atoms with Crippen molar-refractivity contribution in [3.05, 3.63) is 65.2 Å². The summed E-state index contributed by atoms with van der Waals surface area (Å²) in [4.78, 5) is 38.5. The Hall–Kier alpha value is -2.95. The minimum absolute atomic E-state index is 0.338. The molecule has 0 saturated heterocycles. The molecule has 1 aliphatic rings. The first-order chi connectivity index (χ1) is 11.9. The maximum atomic E-state index is 12.6. The number of hydrogen-bond donors (Lipinski definition) is 1. The number of amides is 3. The lowest BCUT2D eigenvalue weighted by atomic mass is 10.0. The molecule has 2 aromatic rings. The molecule has 0 radical (unpaired) electrons. The summed E-state index contributed by atoms with van der Waals surface area (Å²) >= 11 is 0. The first-order valence-electron chi connectivity index (χ1n) is 8.28. The van der Waals surface area contributed by atoms with Gasteiger partial charge < -0.3 is 5.32 Å². The van der Waals surface area contributed by atoms with Crippen molar-refractivity contribution in [3.63, 3.8) is 0 Å². The van der Waals surface area contributed by atoms with Crippen LogP contribution in [-0.2, 0) is 4.79 Å². The van der Waals surface area contributed by atoms with Crippen molar-refractivity contribution >= 4 is 23.4 Å². The van der Waals surface area contributed by atoms with Gasteiger partial charge >= 0.3 is 0 Å². The molecule has 128 valence electrons. The molecule has 3 amide bonds. The molecule has 0 aromatic heterocycles. The summed E-state index contributed by atoms with van der Waals surface area (Å²) in [6.45, 7) is 5.70. The van der Waals surface area contributed by atoms with Gasteiger partial charge in [-0.2, -0.15) is 0 Å². The molecule has 1 N–H and O–H groups in total. The summed E-state index contributed by atoms with van der Waals surface area (Å²) < 4.78 is 0. The maximum Gasteiger partial charge on any atom is 0.262 e. The minimum Gasteiger partial charge on any atom is -0.324 e. The average Bonchev–Trinajstić information content (AvgIpc) is 2.86. The molecule has 0 spiro atoms. The van der Waals surface area contributed by atoms with Gasteiger partial charge in [0.05, 0.1) is 11.1 Å². The molecular weight excluding hydrogens is 316 g/mol. The Morgan fingerprint density at radius 1 is 0.920 bits per heavy atom. The highest BCUT2D eigenvalue weighted by atomic mass is 16.2. The van der Waals surface area contributed by atoms with E-state index in [0.29, 0.717) is 22.7 Å². The third-order valence-corrected chi connectivity index (χ3v) is 4.41. The number of imide groups is 1. The van der Waals surface area contributed by atoms with Gasteiger partial charge in [-0.25, -0.2) is 0 Å². The molecule has 0 aliphatic carbocycles. The number of carbonyl (C=O) groups excluding carboxylic acids is 3. The molecule has 5 heteroatoms. The van der Waals surface area contributed by atoms with Crippen LogP contribution >= 0.6 is 0 Å². The number of carbonyl (C=O) groups is 3. The topological polar surface area (TPSA) is 66.5 Å². The standard InChI is InChI=1S/C20H20N2O3/c1-12(2)14-7-6-8-15(11-14)21-18(23)13(3)22-19(24)16-9-4-5-10-17(16)20(22)25/h4-13H,1-3H3,(H,21,23). The molecule has 0 bridgehead atoms. The monoisotopic (exact) mass is 336 g/mol. The second kappa shape index (κ2) is 6.51. The average molecular weight is 336 g/mol. The Labute approximate surface area is 146 Å². The first-order valence-corrected chi connectivity index (χ1v) is 8.28. The lowest BCUT2D eigenvalue weighted by Gasteiger charge is -2.22. The predicted molar refractivity (Wildman–Crippen MR) is 95.6 cm³/mol. The van der Waals surface area contributed by atoms with Crippen molar-refractivity contribution in [2.45, 2.75) is 32.7 Å². The fraction of sp³-hybridized carbons (Fsp3) is 0.250. The SMILES string of the molecule is CC(C)c1cccc(NC(=O)C(C)N2C(=O)c3ccccc3C2=O)c1. The first kappa shape index (κ1) is 16.9. The van der Waals surface area contributed by atoms with Gasteiger partial charge in [-0.15, -0.1) is 0 Å². The van der Waals surface area contributed by atoms with E-state index in [-0.39, 0.29) is 0 Å². The third kappa shape index (κ3) is 3.05. The molecule has 3 rings (SSSR count). The fourth-order valence-corrected chi connectivity index (χ4v) is 2.90. The smallest absolute Gasteiger partial charge is 0.262 e. The molecular formula is C20H20N2O3. The van der Waals surface area contributed by atoms with Crippen molar-refractivity contribution < 1.29 is 14.4 Å². The molecule has 1 heterocycles. The van der Waals surface area contributed by atoms with E-state index < -0.39 is 23.8 Å². The lowest BCUT2D eigenvalue weighted by Crippen LogP contribution is -2.45. The second-order valence-electron chi connectivity index (χ2n) is 6.47. The molecule has 2 aromatic carbocycles. The van der Waals surface area contributed by atoms with Crippen molar-refractivity contribution in [1.82, 2.24) is 4.90 Å². The lowest BCUT2D eigenvalue weighted by molar-refractivity contribution is -0.119. The normalized spacial score (nSPS) is 14.6. The zero-order chi connectivity index (χ0) is 18.1. The Morgan fingerprint density at radius 3 is 2.08 bits per heavy atom. The van der Waals surface area contributed by atoms with E-state index in [4.69, 9.17) is 0 Å². The largest absolute Gasteiger partial charge is 0.324 e. The highest BCUT2D eigenvalue weighted by molar-refractivity contribution is 6.23. The third-order valence-electron chi connectivity index (χ3n) is 4.41. The van der Waals surface area contributed by atoms with Gasteiger partial charge in [-0.1, -0.05) is 38.1 Å². The van der Waals surface area contributed by atoms with Crippen molar-refractivity contribution in [2.75, 3.05) is 5.32 Å². The maximum absolute atomic E-state index is 12.6. The summed E-state index contributed by atoms with van der Waals surface area (Å²) in [6, 6.07) is 13.3. The summed E-state index contributed by atoms with van der Waals surface area (Å²) in [7, 11) is 0. The molecule has 5 nitrogen and oxygen atoms in total. The van der Waals surface area contributed by atoms with Crippen LogP contribution in [0.1, 0.15) is 53.0 Å². The zero-order valence-corrected chi connectivity index (χ0v) is 14.4. The Morgan fingerprint density at radius 2 is 1.52 bits per heavy atom. The summed E-state index contributed by atoms with van der Waals surface area (Å²) in [6.07, 6.45) is 0. The molecule has 25 heavy (non-hydrogen) atoms. The van der Waals surface area contributed by atoms with Crippen LogP contribution in [0.25, 0.3) is 0 Å². The van der Waals surface area contributed by atoms with Crippen LogP contribution < -0.4 is 5.32 Å². The number of hydrogen-bond acceptors (Lipinski definition) is 3. The highest BCUT2D eigenvalue weighted by Gasteiger charge is 2.40. The van der Waals surface area contributed by atoms with E-state index in [1.165, 1.54) is 0 Å². The van der Waals surface area contributed by atoms with Gasteiger partial charge in [0.25, 0.3) is 11.8 Å². The van der Waals surface area contributed by atoms with Crippen LogP contribution in [0.15, 0.2) is 48.5 Å². The number of anilines is 1. The Balaban J connectivity index is 1.79. The number of benzene rings is 2. The van der Waals surface area contributed by atoms with Gasteiger partial charge in [-0.3, -0.25) is 19.3 Å². The summed E-state index contributed by atoms with van der Waals surface area (Å²) in [5.74, 6) is -0.917. The quantitative estimate of drug-likeness (QED) is 0.870. The van der Waals surface area contributed by atoms with Gasteiger partial charge in [0.15, 0.2) is 0 Å². The summed E-state index contributed by atoms with van der Waals surface area (Å²) in [5.41, 5.74) is 2.44. The Kier molecular flexibility index (Phi) is 4.40. The molecule has 0 fully saturated rings. The van der Waals surface area contributed by atoms with Gasteiger partial charge in [-0.05, 0) is 42.7 Å². The Bertz CT molecular complexity index is 823. The number of rotatable bonds is 4. The van der Waals surface area contributed by atoms with Crippen LogP contribution in [-0.4, -0.2) is 28.7 Å². The van der Waals surface area contributed by atoms with Gasteiger partial charge in [0.2, 0.25) is 5.91 Å². The van der Waals surface area contributed by atoms with Gasteiger partial charge in [0, 0.05) is 5.69 Å². The summed E-state index contributed by atoms with van der Waals surface area (Å²) in [5, 5.41) is 2.80. The van der Waals surface area contributed by atoms with E-state index in [1.54, 1.807) is 37.3 Å². The van der Waals surface area contributed by atoms with Gasteiger partial charge in [0.1, 0.15) is 6.04 Å². The number of nitrogens with one attached hydrogen (secondary N) is 1. The second-order valence-corrected chi connectivity index (χ2v) is 6.47. The predicted octanol–water partition coefficient (Wildman–Crippen LogP) is 3.43. The molecule has 1 aliphatic heterocycles. The highest BCUT2D eigenvalue weighted by Crippen LogP contribution is 2.25. The van der Waals surface area contributed by atoms with E-state index in [1.807, 2.05) is 18.2 Å². The van der Waals surface area contributed by atoms with Crippen LogP contribution in [0.4, 0.5) is 5.69 Å². The van der Waals surface area contributed by atoms with Crippen LogP contribution in [0.2, 0.25) is 0 Å².